The van der Waals surface area contributed by atoms with Gasteiger partial charge >= 0.3 is 5.97 Å². The molecule has 1 saturated heterocycles. The molecule has 1 N–H and O–H groups in total. The fourth-order valence-corrected chi connectivity index (χ4v) is 2.15. The number of carbonyl (C=O) groups is 1. The first-order chi connectivity index (χ1) is 9.40. The predicted molar refractivity (Wildman–Crippen MR) is 67.6 cm³/mol. The van der Waals surface area contributed by atoms with E-state index in [-0.39, 0.29) is 11.8 Å². The number of morpholine rings is 1. The van der Waals surface area contributed by atoms with Gasteiger partial charge in [-0.05, 0) is 6.92 Å². The summed E-state index contributed by atoms with van der Waals surface area (Å²) < 4.78 is 19.1. The molecule has 0 spiro atoms. The Labute approximate surface area is 113 Å². The van der Waals surface area contributed by atoms with Crippen molar-refractivity contribution in [1.29, 1.82) is 0 Å². The Balaban J connectivity index is 2.48. The molecule has 108 valence electrons. The number of benzene rings is 1. The molecule has 0 radical (unpaired) electrons. The van der Waals surface area contributed by atoms with Crippen molar-refractivity contribution in [2.24, 2.45) is 0 Å². The monoisotopic (exact) mass is 284 g/mol. The first-order valence-electron chi connectivity index (χ1n) is 5.98. The van der Waals surface area contributed by atoms with Crippen LogP contribution in [-0.2, 0) is 4.74 Å². The van der Waals surface area contributed by atoms with E-state index in [2.05, 4.69) is 0 Å². The van der Waals surface area contributed by atoms with Crippen LogP contribution in [0.25, 0.3) is 0 Å². The fourth-order valence-electron chi connectivity index (χ4n) is 2.15. The molecule has 0 aromatic heterocycles. The minimum absolute atomic E-state index is 0.0765. The topological polar surface area (TPSA) is 92.9 Å². The van der Waals surface area contributed by atoms with Crippen molar-refractivity contribution in [2.75, 3.05) is 24.6 Å². The predicted octanol–water partition coefficient (Wildman–Crippen LogP) is 1.66. The summed E-state index contributed by atoms with van der Waals surface area (Å²) in [6.45, 7) is 2.95. The molecule has 1 fully saturated rings. The molecule has 2 rings (SSSR count). The second-order valence-electron chi connectivity index (χ2n) is 4.51. The van der Waals surface area contributed by atoms with Crippen molar-refractivity contribution < 1.29 is 24.0 Å². The van der Waals surface area contributed by atoms with Crippen LogP contribution in [0.3, 0.4) is 0 Å². The Morgan fingerprint density at radius 2 is 2.30 bits per heavy atom. The number of hydrogen-bond donors (Lipinski definition) is 1. The van der Waals surface area contributed by atoms with Crippen molar-refractivity contribution >= 4 is 17.3 Å². The van der Waals surface area contributed by atoms with Crippen LogP contribution in [0.2, 0.25) is 0 Å². The highest BCUT2D eigenvalue weighted by molar-refractivity contribution is 5.90. The summed E-state index contributed by atoms with van der Waals surface area (Å²) in [7, 11) is 0. The van der Waals surface area contributed by atoms with Gasteiger partial charge in [-0.1, -0.05) is 0 Å². The van der Waals surface area contributed by atoms with E-state index in [4.69, 9.17) is 9.84 Å². The molecule has 1 aromatic carbocycles. The summed E-state index contributed by atoms with van der Waals surface area (Å²) in [6, 6.07) is 1.66. The zero-order valence-electron chi connectivity index (χ0n) is 10.7. The minimum atomic E-state index is -1.53. The second-order valence-corrected chi connectivity index (χ2v) is 4.51. The third kappa shape index (κ3) is 2.69. The number of rotatable bonds is 3. The number of anilines is 1. The van der Waals surface area contributed by atoms with E-state index >= 15 is 0 Å². The lowest BCUT2D eigenvalue weighted by atomic mass is 10.1. The second kappa shape index (κ2) is 5.41. The molecular weight excluding hydrogens is 271 g/mol. The van der Waals surface area contributed by atoms with Gasteiger partial charge in [-0.2, -0.15) is 0 Å². The van der Waals surface area contributed by atoms with Crippen LogP contribution in [0.15, 0.2) is 12.1 Å². The van der Waals surface area contributed by atoms with Crippen LogP contribution in [0, 0.1) is 15.9 Å². The van der Waals surface area contributed by atoms with Gasteiger partial charge < -0.3 is 14.7 Å². The standard InChI is InChI=1S/C12H13FN2O5/c1-7-6-14(2-3-20-7)10-5-9(13)8(12(16)17)4-11(10)15(18)19/h4-5,7H,2-3,6H2,1H3,(H,16,17). The third-order valence-electron chi connectivity index (χ3n) is 3.07. The molecule has 8 heteroatoms. The highest BCUT2D eigenvalue weighted by atomic mass is 19.1. The molecule has 20 heavy (non-hydrogen) atoms. The highest BCUT2D eigenvalue weighted by Gasteiger charge is 2.27. The zero-order chi connectivity index (χ0) is 14.9. The van der Waals surface area contributed by atoms with E-state index in [1.54, 1.807) is 11.8 Å². The summed E-state index contributed by atoms with van der Waals surface area (Å²) in [5.74, 6) is -2.52. The fraction of sp³-hybridized carbons (Fsp3) is 0.417. The van der Waals surface area contributed by atoms with Crippen LogP contribution < -0.4 is 4.90 Å². The number of ether oxygens (including phenoxy) is 1. The molecule has 1 atom stereocenters. The number of aromatic carboxylic acids is 1. The van der Waals surface area contributed by atoms with Gasteiger partial charge in [0.25, 0.3) is 5.69 Å². The van der Waals surface area contributed by atoms with Gasteiger partial charge in [-0.15, -0.1) is 0 Å². The lowest BCUT2D eigenvalue weighted by Gasteiger charge is -2.32. The maximum absolute atomic E-state index is 13.7. The Kier molecular flexibility index (Phi) is 3.84. The van der Waals surface area contributed by atoms with E-state index in [9.17, 15) is 19.3 Å². The van der Waals surface area contributed by atoms with Gasteiger partial charge in [0.05, 0.1) is 17.6 Å². The Morgan fingerprint density at radius 1 is 1.60 bits per heavy atom. The lowest BCUT2D eigenvalue weighted by Crippen LogP contribution is -2.41. The van der Waals surface area contributed by atoms with E-state index in [0.29, 0.717) is 19.7 Å². The number of carboxylic acids is 1. The normalized spacial score (nSPS) is 18.9. The van der Waals surface area contributed by atoms with Crippen LogP contribution in [-0.4, -0.2) is 41.8 Å². The molecule has 0 amide bonds. The first-order valence-corrected chi connectivity index (χ1v) is 5.98. The number of nitrogens with zero attached hydrogens (tertiary/aromatic N) is 2. The number of nitro benzene ring substituents is 1. The summed E-state index contributed by atoms with van der Waals surface area (Å²) in [5.41, 5.74) is -1.05. The van der Waals surface area contributed by atoms with Crippen LogP contribution in [0.4, 0.5) is 15.8 Å². The van der Waals surface area contributed by atoms with E-state index in [0.717, 1.165) is 12.1 Å². The van der Waals surface area contributed by atoms with Gasteiger partial charge in [0.15, 0.2) is 0 Å². The number of hydrogen-bond acceptors (Lipinski definition) is 5. The van der Waals surface area contributed by atoms with Crippen molar-refractivity contribution in [3.63, 3.8) is 0 Å². The molecule has 1 aromatic rings. The Bertz CT molecular complexity index is 563. The van der Waals surface area contributed by atoms with Gasteiger partial charge in [-0.25, -0.2) is 9.18 Å². The average Bonchev–Trinajstić information content (AvgIpc) is 2.37. The van der Waals surface area contributed by atoms with E-state index in [1.807, 2.05) is 0 Å². The summed E-state index contributed by atoms with van der Waals surface area (Å²) in [4.78, 5) is 22.8. The number of carboxylic acid groups (broad SMARTS) is 1. The Morgan fingerprint density at radius 3 is 2.85 bits per heavy atom. The SMILES string of the molecule is CC1CN(c2cc(F)c(C(=O)O)cc2[N+](=O)[O-])CCO1. The van der Waals surface area contributed by atoms with Gasteiger partial charge in [0.2, 0.25) is 0 Å². The smallest absolute Gasteiger partial charge is 0.338 e. The van der Waals surface area contributed by atoms with E-state index < -0.39 is 28.0 Å². The molecule has 1 aliphatic heterocycles. The maximum atomic E-state index is 13.7. The lowest BCUT2D eigenvalue weighted by molar-refractivity contribution is -0.384. The molecule has 0 aliphatic carbocycles. The van der Waals surface area contributed by atoms with Crippen molar-refractivity contribution in [1.82, 2.24) is 0 Å². The third-order valence-corrected chi connectivity index (χ3v) is 3.07. The van der Waals surface area contributed by atoms with Crippen LogP contribution >= 0.6 is 0 Å². The number of nitro groups is 1. The van der Waals surface area contributed by atoms with E-state index in [1.165, 1.54) is 0 Å². The molecule has 1 unspecified atom stereocenters. The molecule has 1 heterocycles. The maximum Gasteiger partial charge on any atom is 0.338 e. The quantitative estimate of drug-likeness (QED) is 0.670. The molecule has 1 aliphatic rings. The van der Waals surface area contributed by atoms with Gasteiger partial charge in [-0.3, -0.25) is 10.1 Å². The molecule has 0 bridgehead atoms. The largest absolute Gasteiger partial charge is 0.478 e. The molecule has 0 saturated carbocycles. The Hall–Kier alpha value is -2.22. The highest BCUT2D eigenvalue weighted by Crippen LogP contribution is 2.32. The summed E-state index contributed by atoms with van der Waals surface area (Å²) in [6.07, 6.45) is -0.134. The van der Waals surface area contributed by atoms with Crippen LogP contribution in [0.1, 0.15) is 17.3 Å². The zero-order valence-corrected chi connectivity index (χ0v) is 10.7. The van der Waals surface area contributed by atoms with Crippen molar-refractivity contribution in [2.45, 2.75) is 13.0 Å². The molecule has 7 nitrogen and oxygen atoms in total. The van der Waals surface area contributed by atoms with Crippen LogP contribution in [0.5, 0.6) is 0 Å². The summed E-state index contributed by atoms with van der Waals surface area (Å²) >= 11 is 0. The first kappa shape index (κ1) is 14.2. The van der Waals surface area contributed by atoms with Crippen molar-refractivity contribution in [3.05, 3.63) is 33.6 Å². The average molecular weight is 284 g/mol. The minimum Gasteiger partial charge on any atom is -0.478 e. The van der Waals surface area contributed by atoms with Gasteiger partial charge in [0, 0.05) is 25.2 Å². The molecular formula is C12H13FN2O5. The van der Waals surface area contributed by atoms with Crippen molar-refractivity contribution in [3.8, 4) is 0 Å². The summed E-state index contributed by atoms with van der Waals surface area (Å²) in [5, 5.41) is 19.9. The van der Waals surface area contributed by atoms with Gasteiger partial charge in [0.1, 0.15) is 17.1 Å². The number of halogens is 1.